The van der Waals surface area contributed by atoms with Gasteiger partial charge in [0.1, 0.15) is 5.75 Å². The Balaban J connectivity index is 2.81. The lowest BCUT2D eigenvalue weighted by Crippen LogP contribution is -2.08. The monoisotopic (exact) mass is 183 g/mol. The van der Waals surface area contributed by atoms with Crippen molar-refractivity contribution in [1.82, 2.24) is 0 Å². The first-order chi connectivity index (χ1) is 5.65. The molecule has 0 amide bonds. The molecule has 0 bridgehead atoms. The normalized spacial score (nSPS) is 12.6. The third-order valence-corrected chi connectivity index (χ3v) is 2.66. The third kappa shape index (κ3) is 1.87. The molecule has 0 radical (unpaired) electrons. The van der Waals surface area contributed by atoms with E-state index in [2.05, 4.69) is 6.58 Å². The largest absolute Gasteiger partial charge is 0.496 e. The average molecular weight is 183 g/mol. The van der Waals surface area contributed by atoms with E-state index in [0.29, 0.717) is 0 Å². The van der Waals surface area contributed by atoms with Gasteiger partial charge in [0.15, 0.2) is 0 Å². The van der Waals surface area contributed by atoms with Gasteiger partial charge in [-0.05, 0) is 13.0 Å². The molecule has 12 heavy (non-hydrogen) atoms. The van der Waals surface area contributed by atoms with Crippen molar-refractivity contribution in [2.45, 2.75) is 13.0 Å². The molecule has 66 valence electrons. The van der Waals surface area contributed by atoms with Crippen LogP contribution >= 0.6 is 11.3 Å². The van der Waals surface area contributed by atoms with E-state index >= 15 is 0 Å². The molecule has 1 heterocycles. The zero-order valence-electron chi connectivity index (χ0n) is 7.33. The zero-order valence-corrected chi connectivity index (χ0v) is 8.15. The number of hydrogen-bond acceptors (Lipinski definition) is 3. The number of rotatable bonds is 3. The summed E-state index contributed by atoms with van der Waals surface area (Å²) in [6.45, 7) is 5.73. The first kappa shape index (κ1) is 9.29. The van der Waals surface area contributed by atoms with E-state index < -0.39 is 0 Å². The maximum absolute atomic E-state index is 5.86. The van der Waals surface area contributed by atoms with Crippen LogP contribution in [0.4, 0.5) is 0 Å². The highest BCUT2D eigenvalue weighted by Gasteiger charge is 2.09. The minimum absolute atomic E-state index is 0.0566. The third-order valence-electron chi connectivity index (χ3n) is 1.67. The van der Waals surface area contributed by atoms with Crippen LogP contribution < -0.4 is 10.5 Å². The Bertz CT molecular complexity index is 280. The number of methoxy groups -OCH3 is 1. The summed E-state index contributed by atoms with van der Waals surface area (Å²) in [6.07, 6.45) is 0. The van der Waals surface area contributed by atoms with Gasteiger partial charge in [0.05, 0.1) is 13.2 Å². The Morgan fingerprint density at radius 1 is 1.75 bits per heavy atom. The Kier molecular flexibility index (Phi) is 2.89. The van der Waals surface area contributed by atoms with Crippen LogP contribution in [0.3, 0.4) is 0 Å². The molecule has 1 aromatic rings. The topological polar surface area (TPSA) is 35.2 Å². The summed E-state index contributed by atoms with van der Waals surface area (Å²) in [5.74, 6) is 0.867. The van der Waals surface area contributed by atoms with Crippen LogP contribution in [0, 0.1) is 0 Å². The van der Waals surface area contributed by atoms with Crippen LogP contribution in [0.25, 0.3) is 0 Å². The molecule has 0 aliphatic rings. The fourth-order valence-electron chi connectivity index (χ4n) is 0.847. The Labute approximate surface area is 76.7 Å². The Hall–Kier alpha value is -0.800. The van der Waals surface area contributed by atoms with Gasteiger partial charge in [0.25, 0.3) is 0 Å². The van der Waals surface area contributed by atoms with E-state index in [1.807, 2.05) is 18.4 Å². The van der Waals surface area contributed by atoms with Gasteiger partial charge in [-0.3, -0.25) is 0 Å². The van der Waals surface area contributed by atoms with Gasteiger partial charge in [0.2, 0.25) is 0 Å². The van der Waals surface area contributed by atoms with Gasteiger partial charge in [-0.15, -0.1) is 11.3 Å². The van der Waals surface area contributed by atoms with Crippen LogP contribution in [-0.2, 0) is 0 Å². The molecule has 2 N–H and O–H groups in total. The lowest BCUT2D eigenvalue weighted by atomic mass is 10.1. The number of hydrogen-bond donors (Lipinski definition) is 1. The summed E-state index contributed by atoms with van der Waals surface area (Å²) in [5.41, 5.74) is 6.83. The highest BCUT2D eigenvalue weighted by Crippen LogP contribution is 2.28. The second kappa shape index (κ2) is 3.74. The minimum Gasteiger partial charge on any atom is -0.496 e. The van der Waals surface area contributed by atoms with E-state index in [0.717, 1.165) is 16.2 Å². The minimum atomic E-state index is -0.0566. The first-order valence-corrected chi connectivity index (χ1v) is 4.56. The second-order valence-corrected chi connectivity index (χ2v) is 3.66. The molecule has 0 saturated carbocycles. The van der Waals surface area contributed by atoms with E-state index in [1.165, 1.54) is 0 Å². The Morgan fingerprint density at radius 3 is 2.83 bits per heavy atom. The van der Waals surface area contributed by atoms with Crippen LogP contribution in [0.5, 0.6) is 5.75 Å². The van der Waals surface area contributed by atoms with Gasteiger partial charge in [-0.2, -0.15) is 0 Å². The highest BCUT2D eigenvalue weighted by molar-refractivity contribution is 7.10. The molecule has 2 nitrogen and oxygen atoms in total. The SMILES string of the molecule is C=C(C)C(N)c1cc(OC)cs1. The molecule has 0 aliphatic heterocycles. The Morgan fingerprint density at radius 2 is 2.42 bits per heavy atom. The van der Waals surface area contributed by atoms with Crippen molar-refractivity contribution in [3.63, 3.8) is 0 Å². The molecule has 0 aliphatic carbocycles. The lowest BCUT2D eigenvalue weighted by molar-refractivity contribution is 0.416. The fraction of sp³-hybridized carbons (Fsp3) is 0.333. The van der Waals surface area contributed by atoms with Gasteiger partial charge in [-0.1, -0.05) is 12.2 Å². The van der Waals surface area contributed by atoms with E-state index in [-0.39, 0.29) is 6.04 Å². The fourth-order valence-corrected chi connectivity index (χ4v) is 1.80. The molecule has 1 unspecified atom stereocenters. The van der Waals surface area contributed by atoms with E-state index in [1.54, 1.807) is 18.4 Å². The average Bonchev–Trinajstić information content (AvgIpc) is 2.50. The first-order valence-electron chi connectivity index (χ1n) is 3.68. The molecule has 0 fully saturated rings. The lowest BCUT2D eigenvalue weighted by Gasteiger charge is -2.07. The molecule has 1 atom stereocenters. The van der Waals surface area contributed by atoms with E-state index in [4.69, 9.17) is 10.5 Å². The number of thiophene rings is 1. The molecule has 1 rings (SSSR count). The van der Waals surface area contributed by atoms with Gasteiger partial charge >= 0.3 is 0 Å². The molecular formula is C9H13NOS. The quantitative estimate of drug-likeness (QED) is 0.730. The summed E-state index contributed by atoms with van der Waals surface area (Å²) < 4.78 is 5.05. The van der Waals surface area contributed by atoms with Crippen LogP contribution in [0.2, 0.25) is 0 Å². The summed E-state index contributed by atoms with van der Waals surface area (Å²) in [5, 5.41) is 1.94. The predicted molar refractivity (Wildman–Crippen MR) is 52.6 cm³/mol. The van der Waals surface area contributed by atoms with Gasteiger partial charge in [-0.25, -0.2) is 0 Å². The molecule has 0 aromatic carbocycles. The molecule has 3 heteroatoms. The van der Waals surface area contributed by atoms with Crippen molar-refractivity contribution in [3.8, 4) is 5.75 Å². The van der Waals surface area contributed by atoms with Crippen LogP contribution in [-0.4, -0.2) is 7.11 Å². The summed E-state index contributed by atoms with van der Waals surface area (Å²) >= 11 is 1.60. The highest BCUT2D eigenvalue weighted by atomic mass is 32.1. The van der Waals surface area contributed by atoms with Crippen molar-refractivity contribution in [3.05, 3.63) is 28.5 Å². The van der Waals surface area contributed by atoms with Crippen molar-refractivity contribution in [2.24, 2.45) is 5.73 Å². The summed E-state index contributed by atoms with van der Waals surface area (Å²) in [7, 11) is 1.65. The van der Waals surface area contributed by atoms with E-state index in [9.17, 15) is 0 Å². The van der Waals surface area contributed by atoms with Crippen molar-refractivity contribution >= 4 is 11.3 Å². The maximum atomic E-state index is 5.86. The van der Waals surface area contributed by atoms with Gasteiger partial charge < -0.3 is 10.5 Å². The smallest absolute Gasteiger partial charge is 0.129 e. The van der Waals surface area contributed by atoms with Crippen LogP contribution in [0.15, 0.2) is 23.6 Å². The molecule has 0 spiro atoms. The van der Waals surface area contributed by atoms with Gasteiger partial charge in [0, 0.05) is 10.3 Å². The predicted octanol–water partition coefficient (Wildman–Crippen LogP) is 2.33. The van der Waals surface area contributed by atoms with Crippen molar-refractivity contribution < 1.29 is 4.74 Å². The maximum Gasteiger partial charge on any atom is 0.129 e. The molecule has 1 aromatic heterocycles. The standard InChI is InChI=1S/C9H13NOS/c1-6(2)9(10)8-4-7(11-3)5-12-8/h4-5,9H,1,10H2,2-3H3. The van der Waals surface area contributed by atoms with Crippen LogP contribution in [0.1, 0.15) is 17.8 Å². The summed E-state index contributed by atoms with van der Waals surface area (Å²) in [4.78, 5) is 1.10. The molecule has 0 saturated heterocycles. The second-order valence-electron chi connectivity index (χ2n) is 2.71. The zero-order chi connectivity index (χ0) is 9.14. The number of nitrogens with two attached hydrogens (primary N) is 1. The summed E-state index contributed by atoms with van der Waals surface area (Å²) in [6, 6.07) is 1.89. The van der Waals surface area contributed by atoms with Crippen molar-refractivity contribution in [1.29, 1.82) is 0 Å². The molecular weight excluding hydrogens is 170 g/mol. The number of ether oxygens (including phenoxy) is 1. The van der Waals surface area contributed by atoms with Crippen molar-refractivity contribution in [2.75, 3.05) is 7.11 Å².